The molecule has 19 heavy (non-hydrogen) atoms. The minimum absolute atomic E-state index is 0.0125. The molecule has 0 aromatic heterocycles. The van der Waals surface area contributed by atoms with Gasteiger partial charge >= 0.3 is 0 Å². The molecule has 6 N–H and O–H groups in total. The number of primary sulfonamides is 1. The second-order valence-electron chi connectivity index (χ2n) is 4.36. The van der Waals surface area contributed by atoms with Crippen molar-refractivity contribution in [3.8, 4) is 0 Å². The molecule has 0 unspecified atom stereocenters. The number of hydrogen-bond donors (Lipinski definition) is 4. The van der Waals surface area contributed by atoms with Gasteiger partial charge in [0.2, 0.25) is 10.0 Å². The van der Waals surface area contributed by atoms with Crippen LogP contribution in [-0.4, -0.2) is 26.7 Å². The number of aliphatic hydroxyl groups excluding tert-OH is 1. The monoisotopic (exact) mass is 287 g/mol. The van der Waals surface area contributed by atoms with Gasteiger partial charge in [-0.1, -0.05) is 12.8 Å². The van der Waals surface area contributed by atoms with Gasteiger partial charge in [-0.2, -0.15) is 0 Å². The summed E-state index contributed by atoms with van der Waals surface area (Å²) >= 11 is 0. The van der Waals surface area contributed by atoms with Crippen molar-refractivity contribution in [1.82, 2.24) is 0 Å². The summed E-state index contributed by atoms with van der Waals surface area (Å²) in [6.07, 6.45) is 3.82. The van der Waals surface area contributed by atoms with Crippen LogP contribution in [0.4, 0.5) is 11.4 Å². The SMILES string of the molecule is Nc1cc(S(N)(=O)=O)ccc1NCCCCCCO. The van der Waals surface area contributed by atoms with Gasteiger partial charge in [-0.15, -0.1) is 0 Å². The van der Waals surface area contributed by atoms with Crippen molar-refractivity contribution in [2.45, 2.75) is 30.6 Å². The van der Waals surface area contributed by atoms with Crippen LogP contribution in [0.2, 0.25) is 0 Å². The zero-order chi connectivity index (χ0) is 14.3. The van der Waals surface area contributed by atoms with Gasteiger partial charge in [0.1, 0.15) is 0 Å². The normalized spacial score (nSPS) is 11.5. The van der Waals surface area contributed by atoms with Crippen LogP contribution in [0, 0.1) is 0 Å². The van der Waals surface area contributed by atoms with Crippen molar-refractivity contribution < 1.29 is 13.5 Å². The van der Waals surface area contributed by atoms with Crippen molar-refractivity contribution in [3.05, 3.63) is 18.2 Å². The largest absolute Gasteiger partial charge is 0.397 e. The minimum atomic E-state index is -3.71. The third kappa shape index (κ3) is 5.46. The molecule has 108 valence electrons. The van der Waals surface area contributed by atoms with Crippen molar-refractivity contribution in [3.63, 3.8) is 0 Å². The molecule has 0 saturated carbocycles. The van der Waals surface area contributed by atoms with E-state index in [4.69, 9.17) is 16.0 Å². The molecule has 1 rings (SSSR count). The number of anilines is 2. The van der Waals surface area contributed by atoms with Crippen LogP contribution in [0.25, 0.3) is 0 Å². The number of unbranched alkanes of at least 4 members (excludes halogenated alkanes) is 3. The second kappa shape index (κ2) is 7.32. The lowest BCUT2D eigenvalue weighted by Gasteiger charge is -2.10. The highest BCUT2D eigenvalue weighted by Crippen LogP contribution is 2.21. The Morgan fingerprint density at radius 3 is 2.42 bits per heavy atom. The quantitative estimate of drug-likeness (QED) is 0.418. The third-order valence-electron chi connectivity index (χ3n) is 2.75. The molecule has 0 bridgehead atoms. The molecule has 0 aliphatic rings. The maximum Gasteiger partial charge on any atom is 0.238 e. The average Bonchev–Trinajstić information content (AvgIpc) is 2.34. The van der Waals surface area contributed by atoms with E-state index in [1.54, 1.807) is 6.07 Å². The lowest BCUT2D eigenvalue weighted by Crippen LogP contribution is -2.13. The van der Waals surface area contributed by atoms with E-state index in [0.29, 0.717) is 11.4 Å². The summed E-state index contributed by atoms with van der Waals surface area (Å²) in [7, 11) is -3.71. The predicted octanol–water partition coefficient (Wildman–Crippen LogP) is 0.881. The van der Waals surface area contributed by atoms with E-state index in [-0.39, 0.29) is 11.5 Å². The summed E-state index contributed by atoms with van der Waals surface area (Å²) in [6.45, 7) is 0.986. The molecule has 0 amide bonds. The Morgan fingerprint density at radius 1 is 1.16 bits per heavy atom. The highest BCUT2D eigenvalue weighted by Gasteiger charge is 2.09. The first-order chi connectivity index (χ1) is 8.95. The van der Waals surface area contributed by atoms with Crippen molar-refractivity contribution in [2.24, 2.45) is 5.14 Å². The minimum Gasteiger partial charge on any atom is -0.397 e. The topological polar surface area (TPSA) is 118 Å². The first-order valence-electron chi connectivity index (χ1n) is 6.22. The summed E-state index contributed by atoms with van der Waals surface area (Å²) in [5.74, 6) is 0. The van der Waals surface area contributed by atoms with Gasteiger partial charge in [0.25, 0.3) is 0 Å². The molecule has 0 aliphatic carbocycles. The van der Waals surface area contributed by atoms with Crippen LogP contribution in [0.5, 0.6) is 0 Å². The molecule has 0 spiro atoms. The van der Waals surface area contributed by atoms with Crippen LogP contribution in [-0.2, 0) is 10.0 Å². The standard InChI is InChI=1S/C12H21N3O3S/c13-11-9-10(19(14,17)18)5-6-12(11)15-7-3-1-2-4-8-16/h5-6,9,15-16H,1-4,7-8,13H2,(H2,14,17,18). The van der Waals surface area contributed by atoms with E-state index < -0.39 is 10.0 Å². The number of aliphatic hydroxyl groups is 1. The molecule has 1 aromatic carbocycles. The molecular formula is C12H21N3O3S. The van der Waals surface area contributed by atoms with Crippen molar-refractivity contribution >= 4 is 21.4 Å². The van der Waals surface area contributed by atoms with E-state index in [2.05, 4.69) is 5.32 Å². The number of nitrogens with two attached hydrogens (primary N) is 2. The van der Waals surface area contributed by atoms with Gasteiger partial charge in [0.15, 0.2) is 0 Å². The molecule has 6 nitrogen and oxygen atoms in total. The molecule has 0 heterocycles. The number of sulfonamides is 1. The van der Waals surface area contributed by atoms with Gasteiger partial charge in [-0.05, 0) is 31.0 Å². The number of nitrogen functional groups attached to an aromatic ring is 1. The van der Waals surface area contributed by atoms with Crippen molar-refractivity contribution in [1.29, 1.82) is 0 Å². The molecule has 0 fully saturated rings. The van der Waals surface area contributed by atoms with Crippen LogP contribution in [0.3, 0.4) is 0 Å². The van der Waals surface area contributed by atoms with Crippen LogP contribution in [0.1, 0.15) is 25.7 Å². The molecular weight excluding hydrogens is 266 g/mol. The highest BCUT2D eigenvalue weighted by molar-refractivity contribution is 7.89. The zero-order valence-corrected chi connectivity index (χ0v) is 11.6. The Balaban J connectivity index is 2.47. The van der Waals surface area contributed by atoms with Crippen LogP contribution < -0.4 is 16.2 Å². The first-order valence-corrected chi connectivity index (χ1v) is 7.77. The van der Waals surface area contributed by atoms with E-state index >= 15 is 0 Å². The van der Waals surface area contributed by atoms with E-state index in [0.717, 1.165) is 32.2 Å². The Morgan fingerprint density at radius 2 is 1.84 bits per heavy atom. The van der Waals surface area contributed by atoms with E-state index in [1.165, 1.54) is 12.1 Å². The number of rotatable bonds is 8. The predicted molar refractivity (Wildman–Crippen MR) is 76.3 cm³/mol. The summed E-state index contributed by atoms with van der Waals surface area (Å²) in [6, 6.07) is 4.39. The lowest BCUT2D eigenvalue weighted by molar-refractivity contribution is 0.283. The number of hydrogen-bond acceptors (Lipinski definition) is 5. The maximum absolute atomic E-state index is 11.1. The van der Waals surface area contributed by atoms with Gasteiger partial charge in [-0.3, -0.25) is 0 Å². The Kier molecular flexibility index (Phi) is 6.07. The highest BCUT2D eigenvalue weighted by atomic mass is 32.2. The molecule has 0 radical (unpaired) electrons. The van der Waals surface area contributed by atoms with E-state index in [9.17, 15) is 8.42 Å². The Labute approximate surface area is 113 Å². The van der Waals surface area contributed by atoms with Gasteiger partial charge < -0.3 is 16.2 Å². The Hall–Kier alpha value is -1.31. The fourth-order valence-electron chi connectivity index (χ4n) is 1.69. The van der Waals surface area contributed by atoms with E-state index in [1.807, 2.05) is 0 Å². The number of nitrogens with one attached hydrogen (secondary N) is 1. The van der Waals surface area contributed by atoms with Crippen LogP contribution >= 0.6 is 0 Å². The maximum atomic E-state index is 11.1. The summed E-state index contributed by atoms with van der Waals surface area (Å²) in [5, 5.41) is 16.8. The van der Waals surface area contributed by atoms with Gasteiger partial charge in [-0.25, -0.2) is 13.6 Å². The fraction of sp³-hybridized carbons (Fsp3) is 0.500. The molecule has 0 saturated heterocycles. The third-order valence-corrected chi connectivity index (χ3v) is 3.66. The fourth-order valence-corrected chi connectivity index (χ4v) is 2.24. The summed E-state index contributed by atoms with van der Waals surface area (Å²) < 4.78 is 22.3. The van der Waals surface area contributed by atoms with Crippen molar-refractivity contribution in [2.75, 3.05) is 24.2 Å². The smallest absolute Gasteiger partial charge is 0.238 e. The first kappa shape index (κ1) is 15.7. The lowest BCUT2D eigenvalue weighted by atomic mass is 10.2. The molecule has 0 aliphatic heterocycles. The van der Waals surface area contributed by atoms with Gasteiger partial charge in [0, 0.05) is 13.2 Å². The van der Waals surface area contributed by atoms with Gasteiger partial charge in [0.05, 0.1) is 16.3 Å². The van der Waals surface area contributed by atoms with Crippen LogP contribution in [0.15, 0.2) is 23.1 Å². The molecule has 7 heteroatoms. The Bertz CT molecular complexity index is 503. The molecule has 0 atom stereocenters. The average molecular weight is 287 g/mol. The summed E-state index contributed by atoms with van der Waals surface area (Å²) in [5.41, 5.74) is 6.83. The zero-order valence-electron chi connectivity index (χ0n) is 10.8. The molecule has 1 aromatic rings. The summed E-state index contributed by atoms with van der Waals surface area (Å²) in [4.78, 5) is 0.0125. The second-order valence-corrected chi connectivity index (χ2v) is 5.92. The number of benzene rings is 1.